The molecule has 21 heavy (non-hydrogen) atoms. The number of primary amides is 1. The minimum absolute atomic E-state index is 0.0111. The van der Waals surface area contributed by atoms with Crippen LogP contribution >= 0.6 is 0 Å². The van der Waals surface area contributed by atoms with E-state index < -0.39 is 6.03 Å². The highest BCUT2D eigenvalue weighted by atomic mass is 16.5. The van der Waals surface area contributed by atoms with Gasteiger partial charge in [0.15, 0.2) is 0 Å². The summed E-state index contributed by atoms with van der Waals surface area (Å²) >= 11 is 0. The number of rotatable bonds is 6. The molecule has 0 saturated heterocycles. The number of anilines is 2. The first-order chi connectivity index (χ1) is 10.2. The average molecular weight is 289 g/mol. The van der Waals surface area contributed by atoms with Crippen molar-refractivity contribution in [1.29, 1.82) is 0 Å². The first-order valence-corrected chi connectivity index (χ1v) is 6.19. The third-order valence-corrected chi connectivity index (χ3v) is 2.37. The number of nitrogens with one attached hydrogen (secondary N) is 2. The summed E-state index contributed by atoms with van der Waals surface area (Å²) < 4.78 is 5.56. The topological polar surface area (TPSA) is 122 Å². The van der Waals surface area contributed by atoms with E-state index in [1.165, 1.54) is 0 Å². The van der Waals surface area contributed by atoms with Crippen LogP contribution in [0.2, 0.25) is 0 Å². The Morgan fingerprint density at radius 2 is 2.05 bits per heavy atom. The van der Waals surface area contributed by atoms with Gasteiger partial charge in [-0.25, -0.2) is 9.78 Å². The lowest BCUT2D eigenvalue weighted by Crippen LogP contribution is -2.19. The van der Waals surface area contributed by atoms with E-state index in [4.69, 9.17) is 15.6 Å². The number of hydrogen-bond acceptors (Lipinski definition) is 6. The largest absolute Gasteiger partial charge is 0.439 e. The lowest BCUT2D eigenvalue weighted by atomic mass is 10.3. The number of carbonyl (C=O) groups excluding carboxylic acids is 1. The molecule has 0 saturated carbocycles. The van der Waals surface area contributed by atoms with Gasteiger partial charge in [0.05, 0.1) is 6.61 Å². The van der Waals surface area contributed by atoms with E-state index in [1.54, 1.807) is 36.5 Å². The van der Waals surface area contributed by atoms with Crippen LogP contribution in [0, 0.1) is 0 Å². The minimum Gasteiger partial charge on any atom is -0.439 e. The van der Waals surface area contributed by atoms with Crippen molar-refractivity contribution in [2.24, 2.45) is 5.73 Å². The zero-order valence-electron chi connectivity index (χ0n) is 11.1. The molecule has 1 aromatic heterocycles. The Morgan fingerprint density at radius 1 is 1.29 bits per heavy atom. The normalized spacial score (nSPS) is 9.95. The van der Waals surface area contributed by atoms with E-state index in [9.17, 15) is 4.79 Å². The van der Waals surface area contributed by atoms with Crippen LogP contribution < -0.4 is 21.1 Å². The minimum atomic E-state index is -0.626. The Labute approximate surface area is 121 Å². The number of nitrogens with zero attached hydrogens (tertiary/aromatic N) is 2. The molecule has 0 aliphatic rings. The number of benzene rings is 1. The van der Waals surface area contributed by atoms with E-state index in [0.717, 1.165) is 0 Å². The predicted octanol–water partition coefficient (Wildman–Crippen LogP) is 1.16. The van der Waals surface area contributed by atoms with Gasteiger partial charge in [-0.2, -0.15) is 4.98 Å². The van der Waals surface area contributed by atoms with Crippen LogP contribution in [-0.2, 0) is 0 Å². The SMILES string of the molecule is NC(=O)Nc1ccc(Oc2ccnc(NCCO)n2)cc1. The molecule has 0 radical (unpaired) electrons. The van der Waals surface area contributed by atoms with Crippen LogP contribution in [0.4, 0.5) is 16.4 Å². The Balaban J connectivity index is 2.02. The molecule has 8 heteroatoms. The summed E-state index contributed by atoms with van der Waals surface area (Å²) in [5, 5.41) is 14.0. The zero-order valence-corrected chi connectivity index (χ0v) is 11.1. The fourth-order valence-electron chi connectivity index (χ4n) is 1.52. The standard InChI is InChI=1S/C13H15N5O3/c14-12(20)17-9-1-3-10(4-2-9)21-11-5-6-15-13(18-11)16-7-8-19/h1-6,19H,7-8H2,(H3,14,17,20)(H,15,16,18). The van der Waals surface area contributed by atoms with Crippen LogP contribution in [0.15, 0.2) is 36.5 Å². The molecule has 2 amide bonds. The molecule has 8 nitrogen and oxygen atoms in total. The third kappa shape index (κ3) is 4.62. The maximum Gasteiger partial charge on any atom is 0.316 e. The molecule has 1 aromatic carbocycles. The third-order valence-electron chi connectivity index (χ3n) is 2.37. The van der Waals surface area contributed by atoms with Crippen LogP contribution in [0.5, 0.6) is 11.6 Å². The van der Waals surface area contributed by atoms with E-state index in [2.05, 4.69) is 20.6 Å². The summed E-state index contributed by atoms with van der Waals surface area (Å²) in [6.07, 6.45) is 1.55. The Morgan fingerprint density at radius 3 is 2.71 bits per heavy atom. The molecule has 0 atom stereocenters. The monoisotopic (exact) mass is 289 g/mol. The highest BCUT2D eigenvalue weighted by Crippen LogP contribution is 2.21. The van der Waals surface area contributed by atoms with E-state index in [-0.39, 0.29) is 6.61 Å². The Bertz CT molecular complexity index is 603. The van der Waals surface area contributed by atoms with Gasteiger partial charge >= 0.3 is 6.03 Å². The lowest BCUT2D eigenvalue weighted by molar-refractivity contribution is 0.259. The van der Waals surface area contributed by atoms with Gasteiger partial charge in [-0.1, -0.05) is 0 Å². The summed E-state index contributed by atoms with van der Waals surface area (Å²) in [5.74, 6) is 1.28. The molecular weight excluding hydrogens is 274 g/mol. The lowest BCUT2D eigenvalue weighted by Gasteiger charge is -2.07. The number of aromatic nitrogens is 2. The summed E-state index contributed by atoms with van der Waals surface area (Å²) in [6, 6.07) is 7.65. The van der Waals surface area contributed by atoms with Crippen molar-refractivity contribution in [1.82, 2.24) is 9.97 Å². The predicted molar refractivity (Wildman–Crippen MR) is 77.3 cm³/mol. The van der Waals surface area contributed by atoms with Gasteiger partial charge in [0.1, 0.15) is 5.75 Å². The molecular formula is C13H15N5O3. The highest BCUT2D eigenvalue weighted by Gasteiger charge is 2.02. The van der Waals surface area contributed by atoms with Crippen molar-refractivity contribution in [2.75, 3.05) is 23.8 Å². The highest BCUT2D eigenvalue weighted by molar-refractivity contribution is 5.87. The molecule has 5 N–H and O–H groups in total. The molecule has 0 unspecified atom stereocenters. The number of aliphatic hydroxyl groups excluding tert-OH is 1. The van der Waals surface area contributed by atoms with Gasteiger partial charge in [-0.15, -0.1) is 0 Å². The summed E-state index contributed by atoms with van der Waals surface area (Å²) in [6.45, 7) is 0.347. The van der Waals surface area contributed by atoms with Gasteiger partial charge < -0.3 is 26.2 Å². The van der Waals surface area contributed by atoms with Gasteiger partial charge in [0.25, 0.3) is 0 Å². The Hall–Kier alpha value is -2.87. The molecule has 2 rings (SSSR count). The number of hydrogen-bond donors (Lipinski definition) is 4. The van der Waals surface area contributed by atoms with E-state index in [1.807, 2.05) is 0 Å². The maximum atomic E-state index is 10.7. The molecule has 2 aromatic rings. The second kappa shape index (κ2) is 7.06. The van der Waals surface area contributed by atoms with Crippen LogP contribution in [0.3, 0.4) is 0 Å². The van der Waals surface area contributed by atoms with Gasteiger partial charge in [0, 0.05) is 24.5 Å². The van der Waals surface area contributed by atoms with Crippen molar-refractivity contribution >= 4 is 17.7 Å². The van der Waals surface area contributed by atoms with Crippen LogP contribution in [-0.4, -0.2) is 34.3 Å². The number of amides is 2. The van der Waals surface area contributed by atoms with Gasteiger partial charge in [-0.3, -0.25) is 0 Å². The van der Waals surface area contributed by atoms with Crippen molar-refractivity contribution in [2.45, 2.75) is 0 Å². The van der Waals surface area contributed by atoms with Crippen molar-refractivity contribution in [3.05, 3.63) is 36.5 Å². The quantitative estimate of drug-likeness (QED) is 0.633. The van der Waals surface area contributed by atoms with Crippen molar-refractivity contribution in [3.63, 3.8) is 0 Å². The number of ether oxygens (including phenoxy) is 1. The molecule has 0 fully saturated rings. The molecule has 0 aliphatic carbocycles. The summed E-state index contributed by atoms with van der Waals surface area (Å²) in [5.41, 5.74) is 5.59. The van der Waals surface area contributed by atoms with Gasteiger partial charge in [-0.05, 0) is 24.3 Å². The van der Waals surface area contributed by atoms with E-state index >= 15 is 0 Å². The zero-order chi connectivity index (χ0) is 15.1. The number of aliphatic hydroxyl groups is 1. The molecule has 110 valence electrons. The summed E-state index contributed by atoms with van der Waals surface area (Å²) in [4.78, 5) is 18.8. The van der Waals surface area contributed by atoms with E-state index in [0.29, 0.717) is 29.8 Å². The number of urea groups is 1. The summed E-state index contributed by atoms with van der Waals surface area (Å²) in [7, 11) is 0. The second-order valence-corrected chi connectivity index (χ2v) is 3.98. The Kier molecular flexibility index (Phi) is 4.89. The van der Waals surface area contributed by atoms with Crippen LogP contribution in [0.25, 0.3) is 0 Å². The number of carbonyl (C=O) groups is 1. The molecule has 0 bridgehead atoms. The maximum absolute atomic E-state index is 10.7. The second-order valence-electron chi connectivity index (χ2n) is 3.98. The van der Waals surface area contributed by atoms with Gasteiger partial charge in [0.2, 0.25) is 11.8 Å². The van der Waals surface area contributed by atoms with Crippen molar-refractivity contribution < 1.29 is 14.6 Å². The molecule has 0 spiro atoms. The van der Waals surface area contributed by atoms with Crippen molar-refractivity contribution in [3.8, 4) is 11.6 Å². The average Bonchev–Trinajstić information content (AvgIpc) is 2.47. The smallest absolute Gasteiger partial charge is 0.316 e. The first-order valence-electron chi connectivity index (χ1n) is 6.19. The van der Waals surface area contributed by atoms with Crippen LogP contribution in [0.1, 0.15) is 0 Å². The fourth-order valence-corrected chi connectivity index (χ4v) is 1.52. The first kappa shape index (κ1) is 14.5. The fraction of sp³-hybridized carbons (Fsp3) is 0.154. The molecule has 0 aliphatic heterocycles. The molecule has 1 heterocycles. The number of nitrogens with two attached hydrogens (primary N) is 1.